The summed E-state index contributed by atoms with van der Waals surface area (Å²) in [5, 5.41) is 19.3. The third kappa shape index (κ3) is 2.27. The summed E-state index contributed by atoms with van der Waals surface area (Å²) in [5.41, 5.74) is 5.80. The normalized spacial score (nSPS) is 10.3. The maximum Gasteiger partial charge on any atom is 0.180 e. The first kappa shape index (κ1) is 11.5. The number of Topliss-reactive ketones (excluding diaryl/α,β-unsaturated/α-hetero) is 1. The molecule has 0 fully saturated rings. The monoisotopic (exact) mass is 209 g/mol. The number of benzene rings is 1. The maximum atomic E-state index is 11.3. The number of ketones is 1. The first-order chi connectivity index (χ1) is 7.11. The Morgan fingerprint density at radius 2 is 2.07 bits per heavy atom. The SMILES string of the molecule is CCCc1c(O)ccc(C(=O)CN)c1O. The molecular weight excluding hydrogens is 194 g/mol. The second-order valence-electron chi connectivity index (χ2n) is 3.34. The molecule has 0 unspecified atom stereocenters. The van der Waals surface area contributed by atoms with Crippen molar-refractivity contribution in [3.63, 3.8) is 0 Å². The van der Waals surface area contributed by atoms with Crippen LogP contribution in [0.25, 0.3) is 0 Å². The third-order valence-electron chi connectivity index (χ3n) is 2.24. The molecule has 0 aromatic heterocycles. The van der Waals surface area contributed by atoms with Gasteiger partial charge in [-0.05, 0) is 18.6 Å². The van der Waals surface area contributed by atoms with Crippen LogP contribution in [-0.2, 0) is 6.42 Å². The molecule has 0 saturated carbocycles. The summed E-state index contributed by atoms with van der Waals surface area (Å²) < 4.78 is 0. The van der Waals surface area contributed by atoms with Gasteiger partial charge in [0, 0.05) is 5.56 Å². The fourth-order valence-electron chi connectivity index (χ4n) is 1.46. The van der Waals surface area contributed by atoms with E-state index in [2.05, 4.69) is 0 Å². The van der Waals surface area contributed by atoms with Crippen molar-refractivity contribution < 1.29 is 15.0 Å². The van der Waals surface area contributed by atoms with E-state index in [0.29, 0.717) is 12.0 Å². The Labute approximate surface area is 88.3 Å². The first-order valence-corrected chi connectivity index (χ1v) is 4.88. The molecule has 4 heteroatoms. The van der Waals surface area contributed by atoms with E-state index in [0.717, 1.165) is 6.42 Å². The predicted octanol–water partition coefficient (Wildman–Crippen LogP) is 1.19. The van der Waals surface area contributed by atoms with Crippen LogP contribution in [0.5, 0.6) is 11.5 Å². The van der Waals surface area contributed by atoms with Gasteiger partial charge in [-0.15, -0.1) is 0 Å². The summed E-state index contributed by atoms with van der Waals surface area (Å²) in [4.78, 5) is 11.3. The van der Waals surface area contributed by atoms with Crippen molar-refractivity contribution in [2.75, 3.05) is 6.54 Å². The molecule has 0 atom stereocenters. The molecule has 0 radical (unpaired) electrons. The number of hydrogen-bond acceptors (Lipinski definition) is 4. The molecule has 0 spiro atoms. The second kappa shape index (κ2) is 4.79. The Morgan fingerprint density at radius 1 is 1.40 bits per heavy atom. The van der Waals surface area contributed by atoms with Crippen molar-refractivity contribution in [1.82, 2.24) is 0 Å². The van der Waals surface area contributed by atoms with Crippen LogP contribution in [0.1, 0.15) is 29.3 Å². The molecule has 82 valence electrons. The number of nitrogens with two attached hydrogens (primary N) is 1. The molecule has 1 aromatic carbocycles. The lowest BCUT2D eigenvalue weighted by atomic mass is 10.0. The summed E-state index contributed by atoms with van der Waals surface area (Å²) in [7, 11) is 0. The molecule has 0 aliphatic heterocycles. The van der Waals surface area contributed by atoms with Crippen molar-refractivity contribution >= 4 is 5.78 Å². The zero-order valence-corrected chi connectivity index (χ0v) is 8.66. The van der Waals surface area contributed by atoms with Crippen LogP contribution in [0, 0.1) is 0 Å². The van der Waals surface area contributed by atoms with E-state index in [4.69, 9.17) is 5.73 Å². The molecule has 1 aromatic rings. The largest absolute Gasteiger partial charge is 0.508 e. The van der Waals surface area contributed by atoms with Crippen molar-refractivity contribution in [1.29, 1.82) is 0 Å². The highest BCUT2D eigenvalue weighted by atomic mass is 16.3. The molecule has 0 bridgehead atoms. The summed E-state index contributed by atoms with van der Waals surface area (Å²) in [6.07, 6.45) is 1.31. The van der Waals surface area contributed by atoms with Gasteiger partial charge in [-0.3, -0.25) is 4.79 Å². The minimum Gasteiger partial charge on any atom is -0.508 e. The average molecular weight is 209 g/mol. The molecule has 0 amide bonds. The zero-order chi connectivity index (χ0) is 11.4. The smallest absolute Gasteiger partial charge is 0.180 e. The lowest BCUT2D eigenvalue weighted by molar-refractivity contribution is 0.0998. The Kier molecular flexibility index (Phi) is 3.68. The summed E-state index contributed by atoms with van der Waals surface area (Å²) >= 11 is 0. The van der Waals surface area contributed by atoms with E-state index in [9.17, 15) is 15.0 Å². The van der Waals surface area contributed by atoms with Crippen LogP contribution >= 0.6 is 0 Å². The molecule has 4 nitrogen and oxygen atoms in total. The van der Waals surface area contributed by atoms with Crippen LogP contribution in [0.3, 0.4) is 0 Å². The van der Waals surface area contributed by atoms with Crippen LogP contribution in [0.4, 0.5) is 0 Å². The summed E-state index contributed by atoms with van der Waals surface area (Å²) in [5.74, 6) is -0.458. The second-order valence-corrected chi connectivity index (χ2v) is 3.34. The molecule has 15 heavy (non-hydrogen) atoms. The number of aromatic hydroxyl groups is 2. The van der Waals surface area contributed by atoms with E-state index in [1.54, 1.807) is 0 Å². The zero-order valence-electron chi connectivity index (χ0n) is 8.66. The van der Waals surface area contributed by atoms with Crippen molar-refractivity contribution in [3.8, 4) is 11.5 Å². The topological polar surface area (TPSA) is 83.5 Å². The minimum absolute atomic E-state index is 0.0166. The van der Waals surface area contributed by atoms with Crippen LogP contribution in [0.15, 0.2) is 12.1 Å². The Morgan fingerprint density at radius 3 is 2.60 bits per heavy atom. The molecule has 0 saturated heterocycles. The van der Waals surface area contributed by atoms with Gasteiger partial charge in [-0.25, -0.2) is 0 Å². The van der Waals surface area contributed by atoms with Gasteiger partial charge < -0.3 is 15.9 Å². The predicted molar refractivity (Wildman–Crippen MR) is 57.2 cm³/mol. The van der Waals surface area contributed by atoms with E-state index < -0.39 is 0 Å². The first-order valence-electron chi connectivity index (χ1n) is 4.88. The highest BCUT2D eigenvalue weighted by molar-refractivity contribution is 6.00. The standard InChI is InChI=1S/C11H15NO3/c1-2-3-7-9(13)5-4-8(11(7)15)10(14)6-12/h4-5,13,15H,2-3,6,12H2,1H3. The van der Waals surface area contributed by atoms with Crippen LogP contribution in [0.2, 0.25) is 0 Å². The number of carbonyl (C=O) groups is 1. The lowest BCUT2D eigenvalue weighted by Gasteiger charge is -2.09. The fourth-order valence-corrected chi connectivity index (χ4v) is 1.46. The Bertz CT molecular complexity index is 374. The van der Waals surface area contributed by atoms with Gasteiger partial charge in [0.05, 0.1) is 12.1 Å². The van der Waals surface area contributed by atoms with E-state index in [1.807, 2.05) is 6.92 Å². The third-order valence-corrected chi connectivity index (χ3v) is 2.24. The van der Waals surface area contributed by atoms with Crippen molar-refractivity contribution in [2.24, 2.45) is 5.73 Å². The fraction of sp³-hybridized carbons (Fsp3) is 0.364. The highest BCUT2D eigenvalue weighted by Crippen LogP contribution is 2.31. The Hall–Kier alpha value is -1.55. The van der Waals surface area contributed by atoms with E-state index >= 15 is 0 Å². The molecule has 0 heterocycles. The molecule has 1 rings (SSSR count). The van der Waals surface area contributed by atoms with Gasteiger partial charge in [-0.1, -0.05) is 13.3 Å². The maximum absolute atomic E-state index is 11.3. The molecule has 4 N–H and O–H groups in total. The minimum atomic E-state index is -0.329. The van der Waals surface area contributed by atoms with Gasteiger partial charge in [0.25, 0.3) is 0 Å². The summed E-state index contributed by atoms with van der Waals surface area (Å²) in [6, 6.07) is 2.80. The van der Waals surface area contributed by atoms with Gasteiger partial charge in [0.15, 0.2) is 5.78 Å². The molecular formula is C11H15NO3. The van der Waals surface area contributed by atoms with Crippen LogP contribution < -0.4 is 5.73 Å². The highest BCUT2D eigenvalue weighted by Gasteiger charge is 2.15. The summed E-state index contributed by atoms with van der Waals surface area (Å²) in [6.45, 7) is 1.78. The number of phenolic OH excluding ortho intramolecular Hbond substituents is 2. The van der Waals surface area contributed by atoms with E-state index in [-0.39, 0.29) is 29.4 Å². The number of carbonyl (C=O) groups excluding carboxylic acids is 1. The van der Waals surface area contributed by atoms with Gasteiger partial charge in [0.2, 0.25) is 0 Å². The molecule has 0 aliphatic carbocycles. The number of rotatable bonds is 4. The van der Waals surface area contributed by atoms with Crippen molar-refractivity contribution in [3.05, 3.63) is 23.3 Å². The Balaban J connectivity index is 3.21. The van der Waals surface area contributed by atoms with E-state index in [1.165, 1.54) is 12.1 Å². The van der Waals surface area contributed by atoms with Gasteiger partial charge >= 0.3 is 0 Å². The molecule has 0 aliphatic rings. The quantitative estimate of drug-likeness (QED) is 0.650. The lowest BCUT2D eigenvalue weighted by Crippen LogP contribution is -2.14. The van der Waals surface area contributed by atoms with Gasteiger partial charge in [0.1, 0.15) is 11.5 Å². The number of phenols is 2. The van der Waals surface area contributed by atoms with Crippen LogP contribution in [-0.4, -0.2) is 22.5 Å². The van der Waals surface area contributed by atoms with Crippen molar-refractivity contribution in [2.45, 2.75) is 19.8 Å². The average Bonchev–Trinajstić information content (AvgIpc) is 2.23. The van der Waals surface area contributed by atoms with Gasteiger partial charge in [-0.2, -0.15) is 0 Å². The number of hydrogen-bond donors (Lipinski definition) is 3.